The van der Waals surface area contributed by atoms with E-state index < -0.39 is 24.7 Å². The fourth-order valence-electron chi connectivity index (χ4n) is 3.04. The number of benzene rings is 2. The second kappa shape index (κ2) is 11.9. The van der Waals surface area contributed by atoms with Crippen LogP contribution in [0.4, 0.5) is 13.2 Å². The number of rotatable bonds is 6. The van der Waals surface area contributed by atoms with Crippen molar-refractivity contribution in [2.75, 3.05) is 32.8 Å². The van der Waals surface area contributed by atoms with E-state index in [1.165, 1.54) is 0 Å². The number of ether oxygens (including phenoxy) is 1. The number of amides is 1. The van der Waals surface area contributed by atoms with E-state index >= 15 is 0 Å². The molecule has 0 atom stereocenters. The highest BCUT2D eigenvalue weighted by Gasteiger charge is 2.38. The molecular weight excluding hydrogens is 461 g/mol. The summed E-state index contributed by atoms with van der Waals surface area (Å²) in [5, 5.41) is 25.3. The van der Waals surface area contributed by atoms with E-state index in [9.17, 15) is 27.9 Å². The molecule has 0 radical (unpaired) electrons. The highest BCUT2D eigenvalue weighted by Crippen LogP contribution is 2.17. The molecule has 0 aliphatic carbocycles. The van der Waals surface area contributed by atoms with E-state index in [0.717, 1.165) is 25.2 Å². The quantitative estimate of drug-likeness (QED) is 0.571. The fourth-order valence-corrected chi connectivity index (χ4v) is 3.04. The number of hydrogen-bond donors (Lipinski definition) is 3. The number of carbonyl (C=O) groups is 3. The van der Waals surface area contributed by atoms with Crippen LogP contribution in [0.15, 0.2) is 48.5 Å². The highest BCUT2D eigenvalue weighted by molar-refractivity contribution is 5.94. The van der Waals surface area contributed by atoms with Crippen LogP contribution in [0, 0.1) is 0 Å². The van der Waals surface area contributed by atoms with Gasteiger partial charge in [0, 0.05) is 38.3 Å². The fraction of sp³-hybridized carbons (Fsp3) is 0.318. The molecule has 1 aliphatic rings. The van der Waals surface area contributed by atoms with Crippen molar-refractivity contribution in [1.82, 2.24) is 9.80 Å². The summed E-state index contributed by atoms with van der Waals surface area (Å²) in [6, 6.07) is 13.7. The number of aromatic hydroxyl groups is 1. The van der Waals surface area contributed by atoms with Gasteiger partial charge in [-0.15, -0.1) is 0 Å². The average Bonchev–Trinajstić information content (AvgIpc) is 2.78. The molecule has 1 aliphatic heterocycles. The molecule has 2 aromatic rings. The summed E-state index contributed by atoms with van der Waals surface area (Å²) in [6.07, 6.45) is -5.08. The van der Waals surface area contributed by atoms with Gasteiger partial charge in [-0.3, -0.25) is 9.69 Å². The lowest BCUT2D eigenvalue weighted by molar-refractivity contribution is -0.192. The zero-order valence-electron chi connectivity index (χ0n) is 17.9. The molecule has 184 valence electrons. The molecule has 12 heteroatoms. The minimum Gasteiger partial charge on any atom is -0.508 e. The van der Waals surface area contributed by atoms with Gasteiger partial charge in [0.1, 0.15) is 11.5 Å². The van der Waals surface area contributed by atoms with Gasteiger partial charge in [0.2, 0.25) is 0 Å². The molecule has 2 aromatic carbocycles. The summed E-state index contributed by atoms with van der Waals surface area (Å²) in [5.74, 6) is -3.16. The summed E-state index contributed by atoms with van der Waals surface area (Å²) >= 11 is 0. The maximum Gasteiger partial charge on any atom is 0.490 e. The molecular formula is C22H23F3N2O7. The predicted octanol–water partition coefficient (Wildman–Crippen LogP) is 2.45. The van der Waals surface area contributed by atoms with Gasteiger partial charge in [0.15, 0.2) is 6.61 Å². The number of nitrogens with zero attached hydrogens (tertiary/aromatic N) is 2. The van der Waals surface area contributed by atoms with E-state index in [1.54, 1.807) is 36.4 Å². The number of alkyl halides is 3. The largest absolute Gasteiger partial charge is 0.508 e. The molecule has 1 heterocycles. The van der Waals surface area contributed by atoms with Crippen LogP contribution in [-0.2, 0) is 16.1 Å². The Morgan fingerprint density at radius 2 is 1.53 bits per heavy atom. The number of carboxylic acid groups (broad SMARTS) is 2. The van der Waals surface area contributed by atoms with Crippen LogP contribution in [0.2, 0.25) is 0 Å². The van der Waals surface area contributed by atoms with Crippen LogP contribution in [0.3, 0.4) is 0 Å². The van der Waals surface area contributed by atoms with Crippen molar-refractivity contribution < 1.29 is 47.6 Å². The smallest absolute Gasteiger partial charge is 0.490 e. The van der Waals surface area contributed by atoms with Crippen LogP contribution in [0.1, 0.15) is 15.9 Å². The summed E-state index contributed by atoms with van der Waals surface area (Å²) < 4.78 is 36.8. The molecule has 3 rings (SSSR count). The topological polar surface area (TPSA) is 128 Å². The first kappa shape index (κ1) is 26.5. The Morgan fingerprint density at radius 3 is 2.03 bits per heavy atom. The number of phenols is 1. The van der Waals surface area contributed by atoms with Gasteiger partial charge in [0.25, 0.3) is 5.91 Å². The second-order valence-corrected chi connectivity index (χ2v) is 7.25. The number of carboxylic acids is 2. The minimum absolute atomic E-state index is 0.0446. The highest BCUT2D eigenvalue weighted by atomic mass is 19.4. The lowest BCUT2D eigenvalue weighted by Gasteiger charge is -2.34. The number of aliphatic carboxylic acids is 2. The zero-order valence-corrected chi connectivity index (χ0v) is 17.9. The first-order valence-electron chi connectivity index (χ1n) is 10.00. The third kappa shape index (κ3) is 8.62. The number of halogens is 3. The number of piperazine rings is 1. The maximum absolute atomic E-state index is 12.6. The molecule has 1 saturated heterocycles. The summed E-state index contributed by atoms with van der Waals surface area (Å²) in [6.45, 7) is 3.13. The SMILES string of the molecule is O=C(O)C(F)(F)F.O=C(O)COc1ccc(C(=O)N2CCN(Cc3cccc(O)c3)CC2)cc1. The Morgan fingerprint density at radius 1 is 0.941 bits per heavy atom. The first-order chi connectivity index (χ1) is 16.0. The lowest BCUT2D eigenvalue weighted by Crippen LogP contribution is -2.48. The van der Waals surface area contributed by atoms with Crippen molar-refractivity contribution >= 4 is 17.8 Å². The van der Waals surface area contributed by atoms with Gasteiger partial charge in [0.05, 0.1) is 0 Å². The standard InChI is InChI=1S/C20H22N2O5.C2HF3O2/c23-17-3-1-2-15(12-17)13-21-8-10-22(11-9-21)20(26)16-4-6-18(7-5-16)27-14-19(24)25;3-2(4,5)1(6)7/h1-7,12,23H,8-11,13-14H2,(H,24,25);(H,6,7). The van der Waals surface area contributed by atoms with Crippen LogP contribution in [-0.4, -0.2) is 81.9 Å². The second-order valence-electron chi connectivity index (χ2n) is 7.25. The summed E-state index contributed by atoms with van der Waals surface area (Å²) in [4.78, 5) is 36.1. The van der Waals surface area contributed by atoms with E-state index in [1.807, 2.05) is 17.0 Å². The third-order valence-electron chi connectivity index (χ3n) is 4.68. The van der Waals surface area contributed by atoms with Gasteiger partial charge in [-0.25, -0.2) is 9.59 Å². The van der Waals surface area contributed by atoms with Gasteiger partial charge < -0.3 is 25.0 Å². The Balaban J connectivity index is 0.000000509. The summed E-state index contributed by atoms with van der Waals surface area (Å²) in [7, 11) is 0. The first-order valence-corrected chi connectivity index (χ1v) is 10.00. The third-order valence-corrected chi connectivity index (χ3v) is 4.68. The van der Waals surface area contributed by atoms with E-state index in [2.05, 4.69) is 4.90 Å². The van der Waals surface area contributed by atoms with Gasteiger partial charge >= 0.3 is 18.1 Å². The minimum atomic E-state index is -5.08. The molecule has 0 saturated carbocycles. The normalized spacial score (nSPS) is 14.0. The van der Waals surface area contributed by atoms with Crippen LogP contribution in [0.25, 0.3) is 0 Å². The molecule has 0 unspecified atom stereocenters. The zero-order chi connectivity index (χ0) is 25.3. The number of hydrogen-bond acceptors (Lipinski definition) is 6. The molecule has 34 heavy (non-hydrogen) atoms. The Bertz CT molecular complexity index is 989. The van der Waals surface area contributed by atoms with Crippen molar-refractivity contribution in [3.63, 3.8) is 0 Å². The van der Waals surface area contributed by atoms with E-state index in [-0.39, 0.29) is 11.7 Å². The van der Waals surface area contributed by atoms with Crippen molar-refractivity contribution in [2.45, 2.75) is 12.7 Å². The number of carbonyl (C=O) groups excluding carboxylic acids is 1. The Hall–Kier alpha value is -3.80. The monoisotopic (exact) mass is 484 g/mol. The van der Waals surface area contributed by atoms with Crippen LogP contribution in [0.5, 0.6) is 11.5 Å². The van der Waals surface area contributed by atoms with Crippen molar-refractivity contribution in [3.05, 3.63) is 59.7 Å². The Kier molecular flexibility index (Phi) is 9.25. The number of phenolic OH excluding ortho intramolecular Hbond substituents is 1. The average molecular weight is 484 g/mol. The summed E-state index contributed by atoms with van der Waals surface area (Å²) in [5.41, 5.74) is 1.60. The van der Waals surface area contributed by atoms with Gasteiger partial charge in [-0.1, -0.05) is 12.1 Å². The molecule has 0 spiro atoms. The van der Waals surface area contributed by atoms with E-state index in [4.69, 9.17) is 19.7 Å². The molecule has 0 aromatic heterocycles. The van der Waals surface area contributed by atoms with Crippen LogP contribution < -0.4 is 4.74 Å². The lowest BCUT2D eigenvalue weighted by atomic mass is 10.1. The van der Waals surface area contributed by atoms with Crippen molar-refractivity contribution in [1.29, 1.82) is 0 Å². The van der Waals surface area contributed by atoms with Gasteiger partial charge in [-0.05, 0) is 42.0 Å². The van der Waals surface area contributed by atoms with Crippen molar-refractivity contribution in [3.8, 4) is 11.5 Å². The molecule has 1 amide bonds. The Labute approximate surface area is 192 Å². The van der Waals surface area contributed by atoms with Crippen LogP contribution >= 0.6 is 0 Å². The maximum atomic E-state index is 12.6. The van der Waals surface area contributed by atoms with Crippen molar-refractivity contribution in [2.24, 2.45) is 0 Å². The molecule has 0 bridgehead atoms. The van der Waals surface area contributed by atoms with Gasteiger partial charge in [-0.2, -0.15) is 13.2 Å². The molecule has 9 nitrogen and oxygen atoms in total. The molecule has 3 N–H and O–H groups in total. The predicted molar refractivity (Wildman–Crippen MR) is 113 cm³/mol. The van der Waals surface area contributed by atoms with E-state index in [0.29, 0.717) is 24.4 Å². The molecule has 1 fully saturated rings.